The molecule has 0 aliphatic heterocycles. The van der Waals surface area contributed by atoms with Crippen molar-refractivity contribution in [1.82, 2.24) is 0 Å². The van der Waals surface area contributed by atoms with Crippen molar-refractivity contribution in [3.63, 3.8) is 0 Å². The zero-order valence-corrected chi connectivity index (χ0v) is 6.35. The Morgan fingerprint density at radius 2 is 2.27 bits per heavy atom. The Morgan fingerprint density at radius 1 is 1.55 bits per heavy atom. The first kappa shape index (κ1) is 8.01. The van der Waals surface area contributed by atoms with E-state index in [9.17, 15) is 4.39 Å². The molecule has 11 heavy (non-hydrogen) atoms. The highest BCUT2D eigenvalue weighted by Gasteiger charge is 1.97. The van der Waals surface area contributed by atoms with Crippen molar-refractivity contribution < 1.29 is 4.39 Å². The molecule has 1 aromatic rings. The highest BCUT2D eigenvalue weighted by atomic mass is 35.5. The Labute approximate surface area is 68.5 Å². The number of hydrogen-bond acceptors (Lipinski definition) is 2. The van der Waals surface area contributed by atoms with Gasteiger partial charge in [-0.25, -0.2) is 4.39 Å². The summed E-state index contributed by atoms with van der Waals surface area (Å²) in [7, 11) is 0. The Morgan fingerprint density at radius 3 is 2.82 bits per heavy atom. The molecule has 0 aromatic heterocycles. The van der Waals surface area contributed by atoms with Crippen molar-refractivity contribution in [2.24, 2.45) is 10.9 Å². The highest BCUT2D eigenvalue weighted by Crippen LogP contribution is 2.14. The van der Waals surface area contributed by atoms with Gasteiger partial charge in [-0.3, -0.25) is 0 Å². The number of halogens is 2. The van der Waals surface area contributed by atoms with Crippen LogP contribution < -0.4 is 5.84 Å². The quantitative estimate of drug-likeness (QED) is 0.391. The van der Waals surface area contributed by atoms with Crippen molar-refractivity contribution >= 4 is 17.8 Å². The lowest BCUT2D eigenvalue weighted by Gasteiger charge is -1.94. The number of hydrogen-bond donors (Lipinski definition) is 1. The van der Waals surface area contributed by atoms with E-state index in [0.717, 1.165) is 0 Å². The summed E-state index contributed by atoms with van der Waals surface area (Å²) in [5, 5.41) is 3.34. The first-order chi connectivity index (χ1) is 5.24. The highest BCUT2D eigenvalue weighted by molar-refractivity contribution is 6.30. The van der Waals surface area contributed by atoms with Crippen LogP contribution >= 0.6 is 11.6 Å². The third-order valence-corrected chi connectivity index (χ3v) is 1.47. The predicted molar refractivity (Wildman–Crippen MR) is 43.2 cm³/mol. The Balaban J connectivity index is 3.05. The van der Waals surface area contributed by atoms with Crippen LogP contribution in [0, 0.1) is 5.82 Å². The van der Waals surface area contributed by atoms with Gasteiger partial charge < -0.3 is 5.84 Å². The standard InChI is InChI=1S/C7H6ClFN2/c8-6-2-1-5(4-11-10)3-7(6)9/h1-4H,10H2. The number of nitrogens with two attached hydrogens (primary N) is 1. The molecule has 0 bridgehead atoms. The summed E-state index contributed by atoms with van der Waals surface area (Å²) < 4.78 is 12.7. The molecule has 0 aliphatic carbocycles. The molecule has 2 nitrogen and oxygen atoms in total. The summed E-state index contributed by atoms with van der Waals surface area (Å²) in [4.78, 5) is 0. The van der Waals surface area contributed by atoms with Gasteiger partial charge >= 0.3 is 0 Å². The number of hydrazone groups is 1. The molecule has 1 aromatic carbocycles. The van der Waals surface area contributed by atoms with Crippen LogP contribution in [0.3, 0.4) is 0 Å². The molecule has 1 rings (SSSR count). The molecule has 0 unspecified atom stereocenters. The van der Waals surface area contributed by atoms with Crippen LogP contribution in [0.25, 0.3) is 0 Å². The predicted octanol–water partition coefficient (Wildman–Crippen LogP) is 1.77. The maximum absolute atomic E-state index is 12.7. The summed E-state index contributed by atoms with van der Waals surface area (Å²) >= 11 is 5.43. The molecule has 4 heteroatoms. The van der Waals surface area contributed by atoms with E-state index in [4.69, 9.17) is 17.4 Å². The third kappa shape index (κ3) is 1.91. The lowest BCUT2D eigenvalue weighted by atomic mass is 10.2. The fourth-order valence-corrected chi connectivity index (χ4v) is 0.796. The Bertz CT molecular complexity index is 286. The van der Waals surface area contributed by atoms with Gasteiger partial charge in [0.15, 0.2) is 0 Å². The normalized spacial score (nSPS) is 10.7. The number of benzene rings is 1. The topological polar surface area (TPSA) is 38.4 Å². The van der Waals surface area contributed by atoms with E-state index < -0.39 is 5.82 Å². The smallest absolute Gasteiger partial charge is 0.142 e. The molecule has 0 heterocycles. The van der Waals surface area contributed by atoms with Crippen molar-refractivity contribution in [3.8, 4) is 0 Å². The molecule has 0 fully saturated rings. The second kappa shape index (κ2) is 3.34. The molecular formula is C7H6ClFN2. The van der Waals surface area contributed by atoms with Gasteiger partial charge in [-0.2, -0.15) is 5.10 Å². The molecule has 2 N–H and O–H groups in total. The van der Waals surface area contributed by atoms with Crippen LogP contribution in [-0.4, -0.2) is 6.21 Å². The second-order valence-corrected chi connectivity index (χ2v) is 2.36. The maximum Gasteiger partial charge on any atom is 0.142 e. The van der Waals surface area contributed by atoms with Crippen molar-refractivity contribution in [3.05, 3.63) is 34.6 Å². The molecule has 0 radical (unpaired) electrons. The molecule has 0 amide bonds. The lowest BCUT2D eigenvalue weighted by molar-refractivity contribution is 0.628. The van der Waals surface area contributed by atoms with Crippen LogP contribution in [0.15, 0.2) is 23.3 Å². The van der Waals surface area contributed by atoms with Crippen LogP contribution in [-0.2, 0) is 0 Å². The zero-order chi connectivity index (χ0) is 8.27. The van der Waals surface area contributed by atoms with Gasteiger partial charge in [0.1, 0.15) is 5.82 Å². The van der Waals surface area contributed by atoms with E-state index >= 15 is 0 Å². The summed E-state index contributed by atoms with van der Waals surface area (Å²) in [6.45, 7) is 0. The minimum absolute atomic E-state index is 0.0965. The average Bonchev–Trinajstić information content (AvgIpc) is 1.98. The number of nitrogens with zero attached hydrogens (tertiary/aromatic N) is 1. The third-order valence-electron chi connectivity index (χ3n) is 1.17. The van der Waals surface area contributed by atoms with Crippen molar-refractivity contribution in [2.45, 2.75) is 0 Å². The van der Waals surface area contributed by atoms with Crippen LogP contribution in [0.1, 0.15) is 5.56 Å². The second-order valence-electron chi connectivity index (χ2n) is 1.95. The first-order valence-electron chi connectivity index (χ1n) is 2.92. The fraction of sp³-hybridized carbons (Fsp3) is 0. The summed E-state index contributed by atoms with van der Waals surface area (Å²) in [6, 6.07) is 4.34. The minimum Gasteiger partial charge on any atom is -0.323 e. The fourth-order valence-electron chi connectivity index (χ4n) is 0.679. The molecule has 0 atom stereocenters. The van der Waals surface area contributed by atoms with E-state index in [1.54, 1.807) is 6.07 Å². The van der Waals surface area contributed by atoms with Gasteiger partial charge in [-0.05, 0) is 17.7 Å². The van der Waals surface area contributed by atoms with Gasteiger partial charge in [-0.1, -0.05) is 17.7 Å². The Hall–Kier alpha value is -1.09. The monoisotopic (exact) mass is 172 g/mol. The van der Waals surface area contributed by atoms with Crippen LogP contribution in [0.5, 0.6) is 0 Å². The Kier molecular flexibility index (Phi) is 2.44. The summed E-state index contributed by atoms with van der Waals surface area (Å²) in [6.07, 6.45) is 1.35. The molecule has 0 saturated carbocycles. The molecular weight excluding hydrogens is 167 g/mol. The lowest BCUT2D eigenvalue weighted by Crippen LogP contribution is -1.87. The van der Waals surface area contributed by atoms with E-state index in [0.29, 0.717) is 5.56 Å². The first-order valence-corrected chi connectivity index (χ1v) is 3.30. The average molecular weight is 173 g/mol. The zero-order valence-electron chi connectivity index (χ0n) is 5.59. The molecule has 58 valence electrons. The van der Waals surface area contributed by atoms with E-state index in [-0.39, 0.29) is 5.02 Å². The molecule has 0 spiro atoms. The maximum atomic E-state index is 12.7. The van der Waals surface area contributed by atoms with Gasteiger partial charge in [0.05, 0.1) is 11.2 Å². The van der Waals surface area contributed by atoms with E-state index in [1.807, 2.05) is 0 Å². The van der Waals surface area contributed by atoms with Gasteiger partial charge in [0, 0.05) is 0 Å². The van der Waals surface area contributed by atoms with Crippen LogP contribution in [0.4, 0.5) is 4.39 Å². The summed E-state index contributed by atoms with van der Waals surface area (Å²) in [5.41, 5.74) is 0.592. The van der Waals surface area contributed by atoms with E-state index in [2.05, 4.69) is 5.10 Å². The molecule has 0 aliphatic rings. The SMILES string of the molecule is NN=Cc1ccc(Cl)c(F)c1. The molecule has 0 saturated heterocycles. The summed E-state index contributed by atoms with van der Waals surface area (Å²) in [5.74, 6) is 4.39. The van der Waals surface area contributed by atoms with Gasteiger partial charge in [-0.15, -0.1) is 0 Å². The largest absolute Gasteiger partial charge is 0.323 e. The van der Waals surface area contributed by atoms with Crippen molar-refractivity contribution in [1.29, 1.82) is 0 Å². The minimum atomic E-state index is -0.468. The number of rotatable bonds is 1. The van der Waals surface area contributed by atoms with E-state index in [1.165, 1.54) is 18.3 Å². The van der Waals surface area contributed by atoms with Crippen LogP contribution in [0.2, 0.25) is 5.02 Å². The van der Waals surface area contributed by atoms with Gasteiger partial charge in [0.25, 0.3) is 0 Å². The van der Waals surface area contributed by atoms with Gasteiger partial charge in [0.2, 0.25) is 0 Å². The van der Waals surface area contributed by atoms with Crippen molar-refractivity contribution in [2.75, 3.05) is 0 Å².